The van der Waals surface area contributed by atoms with Crippen LogP contribution < -0.4 is 0 Å². The summed E-state index contributed by atoms with van der Waals surface area (Å²) in [5, 5.41) is 3.27. The molecule has 0 fully saturated rings. The van der Waals surface area contributed by atoms with E-state index in [0.29, 0.717) is 4.88 Å². The second-order valence-electron chi connectivity index (χ2n) is 3.47. The van der Waals surface area contributed by atoms with Crippen molar-refractivity contribution in [2.75, 3.05) is 6.26 Å². The van der Waals surface area contributed by atoms with Gasteiger partial charge in [-0.3, -0.25) is 0 Å². The quantitative estimate of drug-likeness (QED) is 0.855. The fourth-order valence-electron chi connectivity index (χ4n) is 1.18. The van der Waals surface area contributed by atoms with Crippen molar-refractivity contribution in [1.82, 2.24) is 5.16 Å². The lowest BCUT2D eigenvalue weighted by atomic mass is 10.3. The molecule has 0 aliphatic carbocycles. The average Bonchev–Trinajstić information content (AvgIpc) is 2.84. The summed E-state index contributed by atoms with van der Waals surface area (Å²) >= 11 is 0.839. The van der Waals surface area contributed by atoms with Gasteiger partial charge in [-0.25, -0.2) is 8.42 Å². The first-order valence-electron chi connectivity index (χ1n) is 4.52. The molecule has 0 saturated heterocycles. The molecule has 0 bridgehead atoms. The lowest BCUT2D eigenvalue weighted by Crippen LogP contribution is -2.01. The van der Waals surface area contributed by atoms with Crippen LogP contribution in [0.1, 0.15) is 5.76 Å². The highest BCUT2D eigenvalue weighted by atomic mass is 32.2. The van der Waals surface area contributed by atoms with Gasteiger partial charge in [-0.05, 0) is 12.1 Å². The third-order valence-electron chi connectivity index (χ3n) is 1.99. The summed E-state index contributed by atoms with van der Waals surface area (Å²) < 4.78 is 63.5. The van der Waals surface area contributed by atoms with Crippen LogP contribution in [0.4, 0.5) is 13.2 Å². The van der Waals surface area contributed by atoms with E-state index in [1.165, 1.54) is 12.1 Å². The van der Waals surface area contributed by atoms with Gasteiger partial charge in [0.25, 0.3) is 0 Å². The summed E-state index contributed by atoms with van der Waals surface area (Å²) in [6.45, 7) is 0. The Labute approximate surface area is 104 Å². The first-order chi connectivity index (χ1) is 8.18. The van der Waals surface area contributed by atoms with Crippen molar-refractivity contribution < 1.29 is 26.1 Å². The summed E-state index contributed by atoms with van der Waals surface area (Å²) in [6, 6.07) is 3.44. The summed E-state index contributed by atoms with van der Waals surface area (Å²) in [7, 11) is -3.37. The minimum Gasteiger partial charge on any atom is -0.351 e. The Morgan fingerprint density at radius 3 is 2.44 bits per heavy atom. The van der Waals surface area contributed by atoms with E-state index in [9.17, 15) is 21.6 Å². The molecule has 0 aromatic carbocycles. The predicted octanol–water partition coefficient (Wildman–Crippen LogP) is 2.83. The molecule has 0 atom stereocenters. The number of hydrogen-bond acceptors (Lipinski definition) is 5. The predicted molar refractivity (Wildman–Crippen MR) is 57.9 cm³/mol. The topological polar surface area (TPSA) is 60.2 Å². The van der Waals surface area contributed by atoms with Gasteiger partial charge >= 0.3 is 6.18 Å². The zero-order valence-electron chi connectivity index (χ0n) is 8.85. The number of rotatable bonds is 2. The van der Waals surface area contributed by atoms with Crippen LogP contribution in [-0.4, -0.2) is 19.8 Å². The van der Waals surface area contributed by atoms with Crippen LogP contribution >= 0.6 is 11.3 Å². The number of alkyl halides is 3. The minimum absolute atomic E-state index is 0.0396. The van der Waals surface area contributed by atoms with E-state index < -0.39 is 21.8 Å². The van der Waals surface area contributed by atoms with E-state index >= 15 is 0 Å². The largest absolute Gasteiger partial charge is 0.452 e. The second kappa shape index (κ2) is 4.09. The van der Waals surface area contributed by atoms with E-state index in [1.807, 2.05) is 0 Å². The Balaban J connectivity index is 2.39. The number of aromatic nitrogens is 1. The SMILES string of the molecule is CS(=O)(=O)c1ccc(-c2cc(C(F)(F)F)on2)s1. The standard InChI is InChI=1S/C9H6F3NO3S2/c1-18(14,15)8-3-2-6(17-8)5-4-7(16-13-5)9(10,11)12/h2-4H,1H3. The molecule has 0 unspecified atom stereocenters. The van der Waals surface area contributed by atoms with Crippen LogP contribution in [0.2, 0.25) is 0 Å². The first kappa shape index (κ1) is 13.1. The maximum absolute atomic E-state index is 12.3. The molecule has 0 saturated carbocycles. The van der Waals surface area contributed by atoms with E-state index in [4.69, 9.17) is 0 Å². The molecule has 2 heterocycles. The molecule has 0 amide bonds. The highest BCUT2D eigenvalue weighted by molar-refractivity contribution is 7.92. The number of sulfone groups is 1. The van der Waals surface area contributed by atoms with Gasteiger partial charge in [0.2, 0.25) is 5.76 Å². The van der Waals surface area contributed by atoms with Gasteiger partial charge in [-0.2, -0.15) is 13.2 Å². The normalized spacial score (nSPS) is 12.9. The van der Waals surface area contributed by atoms with Crippen LogP contribution in [0.5, 0.6) is 0 Å². The molecule has 18 heavy (non-hydrogen) atoms. The molecule has 0 N–H and O–H groups in total. The number of nitrogens with zero attached hydrogens (tertiary/aromatic N) is 1. The smallest absolute Gasteiger partial charge is 0.351 e. The summed E-state index contributed by atoms with van der Waals surface area (Å²) in [5.74, 6) is -1.22. The number of halogens is 3. The van der Waals surface area contributed by atoms with Gasteiger partial charge < -0.3 is 4.52 Å². The van der Waals surface area contributed by atoms with Gasteiger partial charge in [-0.1, -0.05) is 5.16 Å². The Bertz CT molecular complexity index is 669. The third-order valence-corrected chi connectivity index (χ3v) is 4.92. The third kappa shape index (κ3) is 2.56. The zero-order chi connectivity index (χ0) is 13.6. The van der Waals surface area contributed by atoms with Crippen LogP contribution in [0.25, 0.3) is 10.6 Å². The van der Waals surface area contributed by atoms with Crippen molar-refractivity contribution in [3.8, 4) is 10.6 Å². The molecule has 4 nitrogen and oxygen atoms in total. The van der Waals surface area contributed by atoms with E-state index in [0.717, 1.165) is 23.7 Å². The van der Waals surface area contributed by atoms with Gasteiger partial charge in [-0.15, -0.1) is 11.3 Å². The van der Waals surface area contributed by atoms with E-state index in [2.05, 4.69) is 9.68 Å². The monoisotopic (exact) mass is 297 g/mol. The van der Waals surface area contributed by atoms with Crippen LogP contribution in [0.3, 0.4) is 0 Å². The molecule has 2 aromatic rings. The molecule has 98 valence electrons. The highest BCUT2D eigenvalue weighted by Crippen LogP contribution is 2.35. The Hall–Kier alpha value is -1.35. The first-order valence-corrected chi connectivity index (χ1v) is 7.23. The molecular formula is C9H6F3NO3S2. The van der Waals surface area contributed by atoms with Gasteiger partial charge in [0.05, 0.1) is 4.88 Å². The Morgan fingerprint density at radius 1 is 1.33 bits per heavy atom. The van der Waals surface area contributed by atoms with Crippen molar-refractivity contribution in [3.63, 3.8) is 0 Å². The second-order valence-corrected chi connectivity index (χ2v) is 6.79. The van der Waals surface area contributed by atoms with Crippen molar-refractivity contribution >= 4 is 21.2 Å². The van der Waals surface area contributed by atoms with Crippen molar-refractivity contribution in [2.45, 2.75) is 10.4 Å². The molecule has 0 radical (unpaired) electrons. The van der Waals surface area contributed by atoms with Crippen molar-refractivity contribution in [3.05, 3.63) is 24.0 Å². The fraction of sp³-hybridized carbons (Fsp3) is 0.222. The molecule has 0 spiro atoms. The summed E-state index contributed by atoms with van der Waals surface area (Å²) in [4.78, 5) is 0.301. The maximum atomic E-state index is 12.3. The Kier molecular flexibility index (Phi) is 2.98. The molecular weight excluding hydrogens is 291 g/mol. The highest BCUT2D eigenvalue weighted by Gasteiger charge is 2.36. The maximum Gasteiger partial charge on any atom is 0.452 e. The summed E-state index contributed by atoms with van der Waals surface area (Å²) in [5.41, 5.74) is -0.0396. The molecule has 2 rings (SSSR count). The van der Waals surface area contributed by atoms with Crippen LogP contribution in [0, 0.1) is 0 Å². The van der Waals surface area contributed by atoms with Crippen molar-refractivity contribution in [2.24, 2.45) is 0 Å². The van der Waals surface area contributed by atoms with Gasteiger partial charge in [0, 0.05) is 12.3 Å². The molecule has 2 aromatic heterocycles. The average molecular weight is 297 g/mol. The minimum atomic E-state index is -4.61. The lowest BCUT2D eigenvalue weighted by Gasteiger charge is -1.97. The zero-order valence-corrected chi connectivity index (χ0v) is 10.5. The number of hydrogen-bond donors (Lipinski definition) is 0. The van der Waals surface area contributed by atoms with Gasteiger partial charge in [0.15, 0.2) is 9.84 Å². The van der Waals surface area contributed by atoms with E-state index in [-0.39, 0.29) is 9.90 Å². The summed E-state index contributed by atoms with van der Waals surface area (Å²) in [6.07, 6.45) is -3.59. The molecule has 0 aliphatic rings. The lowest BCUT2D eigenvalue weighted by molar-refractivity contribution is -0.155. The molecule has 0 aliphatic heterocycles. The van der Waals surface area contributed by atoms with Gasteiger partial charge in [0.1, 0.15) is 9.90 Å². The number of thiophene rings is 1. The van der Waals surface area contributed by atoms with Crippen LogP contribution in [-0.2, 0) is 16.0 Å². The molecule has 9 heteroatoms. The van der Waals surface area contributed by atoms with E-state index in [1.54, 1.807) is 0 Å². The van der Waals surface area contributed by atoms with Crippen LogP contribution in [0.15, 0.2) is 26.9 Å². The fourth-order valence-corrected chi connectivity index (χ4v) is 3.06. The van der Waals surface area contributed by atoms with Crippen molar-refractivity contribution in [1.29, 1.82) is 0 Å². The Morgan fingerprint density at radius 2 is 2.00 bits per heavy atom.